The molecule has 17 heavy (non-hydrogen) atoms. The minimum absolute atomic E-state index is 0.00833. The predicted octanol–water partition coefficient (Wildman–Crippen LogP) is 2.74. The van der Waals surface area contributed by atoms with E-state index in [0.29, 0.717) is 5.92 Å². The zero-order chi connectivity index (χ0) is 12.8. The van der Waals surface area contributed by atoms with Crippen LogP contribution in [0.25, 0.3) is 0 Å². The van der Waals surface area contributed by atoms with Gasteiger partial charge in [0.2, 0.25) is 0 Å². The third kappa shape index (κ3) is 3.00. The Kier molecular flexibility index (Phi) is 5.48. The smallest absolute Gasteiger partial charge is 0.161 e. The Morgan fingerprint density at radius 2 is 2.00 bits per heavy atom. The summed E-state index contributed by atoms with van der Waals surface area (Å²) >= 11 is 0. The molecule has 0 spiro atoms. The molecular formula is C13H25N3O. The Hall–Kier alpha value is -1.03. The summed E-state index contributed by atoms with van der Waals surface area (Å²) in [6, 6.07) is 0.00833. The molecule has 4 heteroatoms. The maximum atomic E-state index is 6.37. The average Bonchev–Trinajstić information content (AvgIpc) is 2.74. The number of hydrogen-bond donors (Lipinski definition) is 1. The summed E-state index contributed by atoms with van der Waals surface area (Å²) in [5.74, 6) is 1.30. The van der Waals surface area contributed by atoms with Crippen LogP contribution in [0.1, 0.15) is 51.8 Å². The lowest BCUT2D eigenvalue weighted by atomic mass is 9.92. The van der Waals surface area contributed by atoms with Crippen LogP contribution in [0.3, 0.4) is 0 Å². The van der Waals surface area contributed by atoms with E-state index in [-0.39, 0.29) is 6.04 Å². The highest BCUT2D eigenvalue weighted by Crippen LogP contribution is 2.31. The Balaban J connectivity index is 3.03. The largest absolute Gasteiger partial charge is 0.493 e. The number of methoxy groups -OCH3 is 1. The van der Waals surface area contributed by atoms with Crippen LogP contribution in [-0.2, 0) is 6.54 Å². The second-order valence-corrected chi connectivity index (χ2v) is 4.42. The number of ether oxygens (including phenoxy) is 1. The van der Waals surface area contributed by atoms with Gasteiger partial charge in [0.05, 0.1) is 25.0 Å². The highest BCUT2D eigenvalue weighted by Gasteiger charge is 2.24. The molecule has 0 aliphatic rings. The first-order chi connectivity index (χ1) is 8.19. The van der Waals surface area contributed by atoms with Crippen LogP contribution in [-0.4, -0.2) is 16.9 Å². The molecule has 98 valence electrons. The summed E-state index contributed by atoms with van der Waals surface area (Å²) < 4.78 is 7.36. The summed E-state index contributed by atoms with van der Waals surface area (Å²) in [5, 5.41) is 4.36. The molecule has 4 nitrogen and oxygen atoms in total. The predicted molar refractivity (Wildman–Crippen MR) is 70.1 cm³/mol. The lowest BCUT2D eigenvalue weighted by molar-refractivity contribution is 0.354. The van der Waals surface area contributed by atoms with Crippen molar-refractivity contribution >= 4 is 0 Å². The summed E-state index contributed by atoms with van der Waals surface area (Å²) in [6.45, 7) is 7.40. The lowest BCUT2D eigenvalue weighted by Gasteiger charge is -2.23. The third-order valence-electron chi connectivity index (χ3n) is 3.37. The monoisotopic (exact) mass is 239 g/mol. The van der Waals surface area contributed by atoms with Gasteiger partial charge in [-0.3, -0.25) is 4.68 Å². The normalized spacial score (nSPS) is 13.1. The maximum absolute atomic E-state index is 6.37. The van der Waals surface area contributed by atoms with Gasteiger partial charge in [0, 0.05) is 6.54 Å². The van der Waals surface area contributed by atoms with Crippen LogP contribution in [0.2, 0.25) is 0 Å². The number of aromatic nitrogens is 2. The SMILES string of the molecule is CCCn1ncc(OC)c1C(N)C(CC)CC. The first-order valence-corrected chi connectivity index (χ1v) is 6.54. The van der Waals surface area contributed by atoms with Gasteiger partial charge in [-0.25, -0.2) is 0 Å². The molecule has 0 bridgehead atoms. The number of nitrogens with zero attached hydrogens (tertiary/aromatic N) is 2. The standard InChI is InChI=1S/C13H25N3O/c1-5-8-16-13(11(17-4)9-15-16)12(14)10(6-2)7-3/h9-10,12H,5-8,14H2,1-4H3. The number of hydrogen-bond acceptors (Lipinski definition) is 3. The van der Waals surface area contributed by atoms with E-state index in [9.17, 15) is 0 Å². The molecule has 0 radical (unpaired) electrons. The van der Waals surface area contributed by atoms with E-state index in [0.717, 1.165) is 37.3 Å². The first kappa shape index (κ1) is 14.0. The number of aryl methyl sites for hydroxylation is 1. The van der Waals surface area contributed by atoms with Crippen molar-refractivity contribution in [2.75, 3.05) is 7.11 Å². The van der Waals surface area contributed by atoms with Gasteiger partial charge in [-0.2, -0.15) is 5.10 Å². The highest BCUT2D eigenvalue weighted by molar-refractivity contribution is 5.28. The lowest BCUT2D eigenvalue weighted by Crippen LogP contribution is -2.24. The molecule has 0 saturated carbocycles. The van der Waals surface area contributed by atoms with E-state index in [1.807, 2.05) is 4.68 Å². The van der Waals surface area contributed by atoms with Crippen LogP contribution in [0.4, 0.5) is 0 Å². The quantitative estimate of drug-likeness (QED) is 0.796. The Morgan fingerprint density at radius 1 is 1.35 bits per heavy atom. The highest BCUT2D eigenvalue weighted by atomic mass is 16.5. The van der Waals surface area contributed by atoms with E-state index < -0.39 is 0 Å². The van der Waals surface area contributed by atoms with Crippen molar-refractivity contribution in [2.45, 2.75) is 52.6 Å². The molecular weight excluding hydrogens is 214 g/mol. The Bertz CT molecular complexity index is 331. The molecule has 1 aromatic heterocycles. The maximum Gasteiger partial charge on any atom is 0.161 e. The van der Waals surface area contributed by atoms with Gasteiger partial charge < -0.3 is 10.5 Å². The van der Waals surface area contributed by atoms with Crippen molar-refractivity contribution in [2.24, 2.45) is 11.7 Å². The topological polar surface area (TPSA) is 53.1 Å². The summed E-state index contributed by atoms with van der Waals surface area (Å²) in [6.07, 6.45) is 4.98. The van der Waals surface area contributed by atoms with Crippen LogP contribution in [0.5, 0.6) is 5.75 Å². The molecule has 0 fully saturated rings. The molecule has 1 aromatic rings. The first-order valence-electron chi connectivity index (χ1n) is 6.54. The van der Waals surface area contributed by atoms with Gasteiger partial charge in [-0.15, -0.1) is 0 Å². The summed E-state index contributed by atoms with van der Waals surface area (Å²) in [7, 11) is 1.68. The molecule has 1 atom stereocenters. The molecule has 0 amide bonds. The van der Waals surface area contributed by atoms with Crippen molar-refractivity contribution in [1.82, 2.24) is 9.78 Å². The van der Waals surface area contributed by atoms with Crippen molar-refractivity contribution in [3.8, 4) is 5.75 Å². The molecule has 0 saturated heterocycles. The molecule has 0 aliphatic heterocycles. The minimum atomic E-state index is 0.00833. The van der Waals surface area contributed by atoms with Gasteiger partial charge in [0.15, 0.2) is 5.75 Å². The molecule has 0 aromatic carbocycles. The molecule has 1 rings (SSSR count). The van der Waals surface area contributed by atoms with E-state index in [1.165, 1.54) is 0 Å². The van der Waals surface area contributed by atoms with Crippen molar-refractivity contribution < 1.29 is 4.74 Å². The summed E-state index contributed by atoms with van der Waals surface area (Å²) in [5.41, 5.74) is 7.42. The zero-order valence-corrected chi connectivity index (χ0v) is 11.4. The van der Waals surface area contributed by atoms with Crippen LogP contribution in [0.15, 0.2) is 6.20 Å². The fourth-order valence-corrected chi connectivity index (χ4v) is 2.28. The minimum Gasteiger partial charge on any atom is -0.493 e. The van der Waals surface area contributed by atoms with Crippen LogP contribution >= 0.6 is 0 Å². The third-order valence-corrected chi connectivity index (χ3v) is 3.37. The van der Waals surface area contributed by atoms with E-state index >= 15 is 0 Å². The second kappa shape index (κ2) is 6.64. The Morgan fingerprint density at radius 3 is 2.47 bits per heavy atom. The fourth-order valence-electron chi connectivity index (χ4n) is 2.28. The van der Waals surface area contributed by atoms with Gasteiger partial charge >= 0.3 is 0 Å². The van der Waals surface area contributed by atoms with Gasteiger partial charge in [-0.05, 0) is 12.3 Å². The zero-order valence-electron chi connectivity index (χ0n) is 11.4. The van der Waals surface area contributed by atoms with Crippen molar-refractivity contribution in [3.05, 3.63) is 11.9 Å². The van der Waals surface area contributed by atoms with Crippen molar-refractivity contribution in [3.63, 3.8) is 0 Å². The van der Waals surface area contributed by atoms with E-state index in [4.69, 9.17) is 10.5 Å². The van der Waals surface area contributed by atoms with Crippen LogP contribution in [0, 0.1) is 5.92 Å². The van der Waals surface area contributed by atoms with Crippen molar-refractivity contribution in [1.29, 1.82) is 0 Å². The molecule has 2 N–H and O–H groups in total. The fraction of sp³-hybridized carbons (Fsp3) is 0.769. The van der Waals surface area contributed by atoms with Gasteiger partial charge in [0.25, 0.3) is 0 Å². The number of rotatable bonds is 7. The average molecular weight is 239 g/mol. The van der Waals surface area contributed by atoms with Gasteiger partial charge in [-0.1, -0.05) is 33.6 Å². The molecule has 0 aliphatic carbocycles. The summed E-state index contributed by atoms with van der Waals surface area (Å²) in [4.78, 5) is 0. The second-order valence-electron chi connectivity index (χ2n) is 4.42. The molecule has 1 unspecified atom stereocenters. The van der Waals surface area contributed by atoms with Gasteiger partial charge in [0.1, 0.15) is 0 Å². The molecule has 1 heterocycles. The number of nitrogens with two attached hydrogens (primary N) is 1. The van der Waals surface area contributed by atoms with E-state index in [2.05, 4.69) is 25.9 Å². The van der Waals surface area contributed by atoms with Crippen LogP contribution < -0.4 is 10.5 Å². The Labute approximate surface area is 104 Å². The van der Waals surface area contributed by atoms with E-state index in [1.54, 1.807) is 13.3 Å².